The molecule has 1 fully saturated rings. The predicted octanol–water partition coefficient (Wildman–Crippen LogP) is 2.53. The van der Waals surface area contributed by atoms with Gasteiger partial charge in [0.25, 0.3) is 5.91 Å². The summed E-state index contributed by atoms with van der Waals surface area (Å²) in [6, 6.07) is 9.07. The Kier molecular flexibility index (Phi) is 5.79. The first-order chi connectivity index (χ1) is 12.2. The fourth-order valence-corrected chi connectivity index (χ4v) is 2.58. The molecule has 0 saturated carbocycles. The number of carbonyl (C=O) groups is 1. The highest BCUT2D eigenvalue weighted by Gasteiger charge is 2.17. The highest BCUT2D eigenvalue weighted by Crippen LogP contribution is 2.18. The third kappa shape index (κ3) is 4.90. The molecule has 1 unspecified atom stereocenters. The van der Waals surface area contributed by atoms with Crippen LogP contribution in [0.5, 0.6) is 5.75 Å². The van der Waals surface area contributed by atoms with Crippen molar-refractivity contribution in [1.82, 2.24) is 15.3 Å². The predicted molar refractivity (Wildman–Crippen MR) is 94.2 cm³/mol. The minimum absolute atomic E-state index is 0.104. The van der Waals surface area contributed by atoms with Crippen LogP contribution in [0.4, 0.5) is 11.6 Å². The average molecular weight is 342 g/mol. The van der Waals surface area contributed by atoms with E-state index in [1.807, 2.05) is 31.2 Å². The summed E-state index contributed by atoms with van der Waals surface area (Å²) in [5.41, 5.74) is 1.14. The van der Waals surface area contributed by atoms with E-state index >= 15 is 0 Å². The molecule has 1 amide bonds. The topological polar surface area (TPSA) is 85.4 Å². The summed E-state index contributed by atoms with van der Waals surface area (Å²) in [6.07, 6.45) is 3.69. The van der Waals surface area contributed by atoms with Crippen LogP contribution >= 0.6 is 0 Å². The zero-order valence-corrected chi connectivity index (χ0v) is 14.2. The van der Waals surface area contributed by atoms with Crippen molar-refractivity contribution in [2.75, 3.05) is 25.1 Å². The number of hydrogen-bond donors (Lipinski definition) is 2. The van der Waals surface area contributed by atoms with Crippen molar-refractivity contribution in [3.05, 3.63) is 42.2 Å². The molecule has 1 aliphatic heterocycles. The minimum atomic E-state index is -0.229. The van der Waals surface area contributed by atoms with E-state index < -0.39 is 0 Å². The van der Waals surface area contributed by atoms with Gasteiger partial charge in [-0.2, -0.15) is 0 Å². The molecule has 0 radical (unpaired) electrons. The fraction of sp³-hybridized carbons (Fsp3) is 0.389. The largest absolute Gasteiger partial charge is 0.494 e. The van der Waals surface area contributed by atoms with Crippen LogP contribution in [0, 0.1) is 0 Å². The van der Waals surface area contributed by atoms with E-state index in [1.165, 1.54) is 0 Å². The molecule has 0 aliphatic carbocycles. The standard InChI is InChI=1S/C18H22N4O3/c1-2-24-14-7-5-13(6-8-14)21-18-19-10-9-16(22-18)17(23)20-12-15-4-3-11-25-15/h5-10,15H,2-4,11-12H2,1H3,(H,20,23)(H,19,21,22). The SMILES string of the molecule is CCOc1ccc(Nc2nccc(C(=O)NCC3CCCO3)n2)cc1. The highest BCUT2D eigenvalue weighted by atomic mass is 16.5. The van der Waals surface area contributed by atoms with Crippen LogP contribution in [0.2, 0.25) is 0 Å². The van der Waals surface area contributed by atoms with Crippen LogP contribution < -0.4 is 15.4 Å². The van der Waals surface area contributed by atoms with E-state index in [-0.39, 0.29) is 12.0 Å². The second kappa shape index (κ2) is 8.43. The zero-order chi connectivity index (χ0) is 17.5. The maximum Gasteiger partial charge on any atom is 0.270 e. The Morgan fingerprint density at radius 3 is 2.88 bits per heavy atom. The summed E-state index contributed by atoms with van der Waals surface area (Å²) < 4.78 is 10.9. The average Bonchev–Trinajstić information content (AvgIpc) is 3.15. The van der Waals surface area contributed by atoms with Crippen molar-refractivity contribution < 1.29 is 14.3 Å². The molecule has 1 aromatic heterocycles. The summed E-state index contributed by atoms with van der Waals surface area (Å²) in [6.45, 7) is 3.84. The van der Waals surface area contributed by atoms with E-state index in [0.29, 0.717) is 24.8 Å². The molecule has 132 valence electrons. The first-order valence-corrected chi connectivity index (χ1v) is 8.47. The molecule has 2 aromatic rings. The van der Waals surface area contributed by atoms with E-state index in [9.17, 15) is 4.79 Å². The third-order valence-corrected chi connectivity index (χ3v) is 3.82. The van der Waals surface area contributed by atoms with Gasteiger partial charge in [0.1, 0.15) is 11.4 Å². The van der Waals surface area contributed by atoms with Crippen molar-refractivity contribution in [1.29, 1.82) is 0 Å². The molecular weight excluding hydrogens is 320 g/mol. The molecule has 1 atom stereocenters. The van der Waals surface area contributed by atoms with Crippen LogP contribution in [-0.2, 0) is 4.74 Å². The van der Waals surface area contributed by atoms with Crippen molar-refractivity contribution >= 4 is 17.5 Å². The Hall–Kier alpha value is -2.67. The van der Waals surface area contributed by atoms with Crippen LogP contribution in [0.3, 0.4) is 0 Å². The molecule has 0 bridgehead atoms. The van der Waals surface area contributed by atoms with Gasteiger partial charge in [-0.05, 0) is 50.1 Å². The van der Waals surface area contributed by atoms with E-state index in [1.54, 1.807) is 12.3 Å². The third-order valence-electron chi connectivity index (χ3n) is 3.82. The van der Waals surface area contributed by atoms with Crippen LogP contribution in [-0.4, -0.2) is 41.7 Å². The summed E-state index contributed by atoms with van der Waals surface area (Å²) in [5.74, 6) is 0.942. The number of benzene rings is 1. The van der Waals surface area contributed by atoms with Crippen molar-refractivity contribution in [3.8, 4) is 5.75 Å². The van der Waals surface area contributed by atoms with Crippen LogP contribution in [0.1, 0.15) is 30.3 Å². The lowest BCUT2D eigenvalue weighted by Gasteiger charge is -2.11. The maximum absolute atomic E-state index is 12.2. The summed E-state index contributed by atoms with van der Waals surface area (Å²) in [5, 5.41) is 5.94. The molecule has 1 aromatic carbocycles. The molecule has 3 rings (SSSR count). The lowest BCUT2D eigenvalue weighted by molar-refractivity contribution is 0.0853. The molecule has 1 saturated heterocycles. The summed E-state index contributed by atoms with van der Waals surface area (Å²) >= 11 is 0. The minimum Gasteiger partial charge on any atom is -0.494 e. The van der Waals surface area contributed by atoms with E-state index in [0.717, 1.165) is 30.9 Å². The first-order valence-electron chi connectivity index (χ1n) is 8.47. The number of amides is 1. The highest BCUT2D eigenvalue weighted by molar-refractivity contribution is 5.92. The molecule has 7 heteroatoms. The zero-order valence-electron chi connectivity index (χ0n) is 14.2. The molecule has 7 nitrogen and oxygen atoms in total. The van der Waals surface area contributed by atoms with Crippen molar-refractivity contribution in [2.45, 2.75) is 25.9 Å². The second-order valence-electron chi connectivity index (χ2n) is 5.69. The Morgan fingerprint density at radius 1 is 1.32 bits per heavy atom. The number of hydrogen-bond acceptors (Lipinski definition) is 6. The molecule has 0 spiro atoms. The summed E-state index contributed by atoms with van der Waals surface area (Å²) in [7, 11) is 0. The van der Waals surface area contributed by atoms with Gasteiger partial charge < -0.3 is 20.1 Å². The number of ether oxygens (including phenoxy) is 2. The fourth-order valence-electron chi connectivity index (χ4n) is 2.58. The number of rotatable bonds is 7. The van der Waals surface area contributed by atoms with Gasteiger partial charge in [0, 0.05) is 25.0 Å². The maximum atomic E-state index is 12.2. The Balaban J connectivity index is 1.59. The number of anilines is 2. The van der Waals surface area contributed by atoms with Crippen molar-refractivity contribution in [2.24, 2.45) is 0 Å². The van der Waals surface area contributed by atoms with Crippen LogP contribution in [0.15, 0.2) is 36.5 Å². The number of nitrogens with one attached hydrogen (secondary N) is 2. The van der Waals surface area contributed by atoms with Gasteiger partial charge in [-0.3, -0.25) is 4.79 Å². The van der Waals surface area contributed by atoms with E-state index in [2.05, 4.69) is 20.6 Å². The van der Waals surface area contributed by atoms with Gasteiger partial charge in [0.15, 0.2) is 0 Å². The Morgan fingerprint density at radius 2 is 2.16 bits per heavy atom. The Labute approximate surface area is 146 Å². The number of nitrogens with zero attached hydrogens (tertiary/aromatic N) is 2. The van der Waals surface area contributed by atoms with E-state index in [4.69, 9.17) is 9.47 Å². The van der Waals surface area contributed by atoms with Gasteiger partial charge in [0.05, 0.1) is 12.7 Å². The molecule has 1 aliphatic rings. The number of carbonyl (C=O) groups excluding carboxylic acids is 1. The second-order valence-corrected chi connectivity index (χ2v) is 5.69. The monoisotopic (exact) mass is 342 g/mol. The normalized spacial score (nSPS) is 16.4. The van der Waals surface area contributed by atoms with Gasteiger partial charge in [0.2, 0.25) is 5.95 Å². The number of aromatic nitrogens is 2. The van der Waals surface area contributed by atoms with Gasteiger partial charge in [-0.1, -0.05) is 0 Å². The van der Waals surface area contributed by atoms with Gasteiger partial charge in [-0.15, -0.1) is 0 Å². The molecule has 25 heavy (non-hydrogen) atoms. The Bertz CT molecular complexity index is 700. The molecular formula is C18H22N4O3. The van der Waals surface area contributed by atoms with Gasteiger partial charge in [-0.25, -0.2) is 9.97 Å². The smallest absolute Gasteiger partial charge is 0.270 e. The molecule has 2 N–H and O–H groups in total. The lowest BCUT2D eigenvalue weighted by Crippen LogP contribution is -2.32. The first kappa shape index (κ1) is 17.2. The quantitative estimate of drug-likeness (QED) is 0.804. The van der Waals surface area contributed by atoms with Gasteiger partial charge >= 0.3 is 0 Å². The summed E-state index contributed by atoms with van der Waals surface area (Å²) in [4.78, 5) is 20.6. The van der Waals surface area contributed by atoms with Crippen molar-refractivity contribution in [3.63, 3.8) is 0 Å². The van der Waals surface area contributed by atoms with Crippen LogP contribution in [0.25, 0.3) is 0 Å². The molecule has 2 heterocycles. The lowest BCUT2D eigenvalue weighted by atomic mass is 10.2.